The van der Waals surface area contributed by atoms with Crippen LogP contribution in [-0.4, -0.2) is 38.9 Å². The van der Waals surface area contributed by atoms with Crippen LogP contribution in [0.1, 0.15) is 29.6 Å². The second-order valence-electron chi connectivity index (χ2n) is 5.50. The number of aliphatic carboxylic acids is 1. The number of carboxylic acids is 1. The van der Waals surface area contributed by atoms with Gasteiger partial charge in [0.1, 0.15) is 0 Å². The summed E-state index contributed by atoms with van der Waals surface area (Å²) in [5.74, 6) is -1.71. The second-order valence-corrected chi connectivity index (χ2v) is 5.50. The third-order valence-electron chi connectivity index (χ3n) is 4.39. The monoisotopic (exact) mass is 290 g/mol. The summed E-state index contributed by atoms with van der Waals surface area (Å²) in [4.78, 5) is 35.6. The number of rotatable bonds is 3. The summed E-state index contributed by atoms with van der Waals surface area (Å²) in [6, 6.07) is 5.22. The van der Waals surface area contributed by atoms with E-state index in [1.165, 1.54) is 24.3 Å². The molecular weight excluding hydrogens is 276 g/mol. The van der Waals surface area contributed by atoms with Gasteiger partial charge in [-0.2, -0.15) is 0 Å². The molecule has 1 N–H and O–H groups in total. The van der Waals surface area contributed by atoms with Gasteiger partial charge in [-0.3, -0.25) is 19.7 Å². The van der Waals surface area contributed by atoms with Gasteiger partial charge in [-0.1, -0.05) is 6.07 Å². The number of carboxylic acid groups (broad SMARTS) is 1. The molecule has 2 fully saturated rings. The first-order valence-electron chi connectivity index (χ1n) is 6.79. The molecule has 0 saturated carbocycles. The minimum atomic E-state index is -0.876. The molecule has 0 radical (unpaired) electrons. The van der Waals surface area contributed by atoms with Gasteiger partial charge in [0.2, 0.25) is 0 Å². The highest BCUT2D eigenvalue weighted by molar-refractivity contribution is 5.96. The van der Waals surface area contributed by atoms with Crippen molar-refractivity contribution in [2.24, 2.45) is 5.92 Å². The van der Waals surface area contributed by atoms with E-state index in [-0.39, 0.29) is 29.2 Å². The molecule has 2 saturated heterocycles. The fourth-order valence-electron chi connectivity index (χ4n) is 3.47. The predicted octanol–water partition coefficient (Wildman–Crippen LogP) is 1.67. The summed E-state index contributed by atoms with van der Waals surface area (Å²) < 4.78 is 0. The number of non-ortho nitro benzene ring substituents is 1. The van der Waals surface area contributed by atoms with Crippen molar-refractivity contribution in [3.05, 3.63) is 39.9 Å². The third kappa shape index (κ3) is 2.14. The first kappa shape index (κ1) is 13.5. The molecule has 21 heavy (non-hydrogen) atoms. The van der Waals surface area contributed by atoms with E-state index in [9.17, 15) is 24.8 Å². The molecule has 2 heterocycles. The van der Waals surface area contributed by atoms with Crippen LogP contribution in [0.4, 0.5) is 5.69 Å². The zero-order chi connectivity index (χ0) is 15.1. The van der Waals surface area contributed by atoms with Gasteiger partial charge in [-0.15, -0.1) is 0 Å². The highest BCUT2D eigenvalue weighted by Gasteiger charge is 2.51. The van der Waals surface area contributed by atoms with E-state index in [0.29, 0.717) is 12.8 Å². The molecule has 1 aromatic carbocycles. The Balaban J connectivity index is 1.88. The third-order valence-corrected chi connectivity index (χ3v) is 4.39. The van der Waals surface area contributed by atoms with Gasteiger partial charge in [0.25, 0.3) is 11.6 Å². The Labute approximate surface area is 120 Å². The van der Waals surface area contributed by atoms with Crippen molar-refractivity contribution < 1.29 is 19.6 Å². The van der Waals surface area contributed by atoms with Crippen LogP contribution >= 0.6 is 0 Å². The van der Waals surface area contributed by atoms with Crippen LogP contribution in [0.2, 0.25) is 0 Å². The average molecular weight is 290 g/mol. The van der Waals surface area contributed by atoms with E-state index in [4.69, 9.17) is 0 Å². The number of hydrogen-bond acceptors (Lipinski definition) is 4. The Kier molecular flexibility index (Phi) is 3.12. The Hall–Kier alpha value is -2.44. The highest BCUT2D eigenvalue weighted by atomic mass is 16.6. The lowest BCUT2D eigenvalue weighted by atomic mass is 9.89. The van der Waals surface area contributed by atoms with E-state index in [0.717, 1.165) is 6.42 Å². The molecule has 7 nitrogen and oxygen atoms in total. The van der Waals surface area contributed by atoms with Crippen LogP contribution in [0.15, 0.2) is 24.3 Å². The maximum absolute atomic E-state index is 12.6. The first-order valence-corrected chi connectivity index (χ1v) is 6.79. The van der Waals surface area contributed by atoms with Gasteiger partial charge in [0, 0.05) is 29.8 Å². The van der Waals surface area contributed by atoms with Gasteiger partial charge in [-0.25, -0.2) is 0 Å². The predicted molar refractivity (Wildman–Crippen MR) is 71.8 cm³/mol. The number of nitrogens with zero attached hydrogens (tertiary/aromatic N) is 2. The fourth-order valence-corrected chi connectivity index (χ4v) is 3.47. The Morgan fingerprint density at radius 2 is 2.10 bits per heavy atom. The molecule has 3 rings (SSSR count). The number of nitro groups is 1. The van der Waals surface area contributed by atoms with Crippen LogP contribution in [0, 0.1) is 16.0 Å². The quantitative estimate of drug-likeness (QED) is 0.674. The topological polar surface area (TPSA) is 101 Å². The van der Waals surface area contributed by atoms with Crippen LogP contribution in [0.3, 0.4) is 0 Å². The number of amides is 1. The van der Waals surface area contributed by atoms with Crippen LogP contribution in [0.5, 0.6) is 0 Å². The fraction of sp³-hybridized carbons (Fsp3) is 0.429. The Morgan fingerprint density at radius 1 is 1.33 bits per heavy atom. The van der Waals surface area contributed by atoms with Crippen molar-refractivity contribution in [1.29, 1.82) is 0 Å². The van der Waals surface area contributed by atoms with Gasteiger partial charge >= 0.3 is 5.97 Å². The lowest BCUT2D eigenvalue weighted by Crippen LogP contribution is -2.37. The molecule has 3 atom stereocenters. The van der Waals surface area contributed by atoms with Crippen LogP contribution in [-0.2, 0) is 4.79 Å². The highest BCUT2D eigenvalue weighted by Crippen LogP contribution is 2.42. The maximum Gasteiger partial charge on any atom is 0.308 e. The Bertz CT molecular complexity index is 630. The van der Waals surface area contributed by atoms with E-state index >= 15 is 0 Å². The first-order chi connectivity index (χ1) is 9.99. The summed E-state index contributed by atoms with van der Waals surface area (Å²) in [5.41, 5.74) is 0.106. The SMILES string of the molecule is O=C(O)C1CC2CCC1N2C(=O)c1cccc([N+](=O)[O-])c1. The molecule has 3 unspecified atom stereocenters. The molecule has 0 aliphatic carbocycles. The smallest absolute Gasteiger partial charge is 0.308 e. The van der Waals surface area contributed by atoms with Gasteiger partial charge < -0.3 is 10.0 Å². The van der Waals surface area contributed by atoms with Crippen LogP contribution < -0.4 is 0 Å². The van der Waals surface area contributed by atoms with E-state index < -0.39 is 16.8 Å². The van der Waals surface area contributed by atoms with Gasteiger partial charge in [0.05, 0.1) is 10.8 Å². The van der Waals surface area contributed by atoms with Gasteiger partial charge in [0.15, 0.2) is 0 Å². The zero-order valence-electron chi connectivity index (χ0n) is 11.1. The minimum Gasteiger partial charge on any atom is -0.481 e. The largest absolute Gasteiger partial charge is 0.481 e. The molecule has 2 aliphatic heterocycles. The van der Waals surface area contributed by atoms with Crippen molar-refractivity contribution in [2.45, 2.75) is 31.3 Å². The van der Waals surface area contributed by atoms with Crippen molar-refractivity contribution in [2.75, 3.05) is 0 Å². The lowest BCUT2D eigenvalue weighted by molar-refractivity contribution is -0.384. The zero-order valence-corrected chi connectivity index (χ0v) is 11.1. The van der Waals surface area contributed by atoms with Gasteiger partial charge in [-0.05, 0) is 25.3 Å². The molecule has 2 bridgehead atoms. The summed E-state index contributed by atoms with van der Waals surface area (Å²) in [6.07, 6.45) is 1.96. The second kappa shape index (κ2) is 4.83. The number of carbonyl (C=O) groups excluding carboxylic acids is 1. The molecule has 0 spiro atoms. The van der Waals surface area contributed by atoms with E-state index in [1.54, 1.807) is 4.90 Å². The normalized spacial score (nSPS) is 26.9. The van der Waals surface area contributed by atoms with Crippen LogP contribution in [0.25, 0.3) is 0 Å². The number of hydrogen-bond donors (Lipinski definition) is 1. The summed E-state index contributed by atoms with van der Waals surface area (Å²) >= 11 is 0. The molecule has 1 aromatic rings. The molecular formula is C14H14N2O5. The number of nitro benzene ring substituents is 1. The number of benzene rings is 1. The number of carbonyl (C=O) groups is 2. The van der Waals surface area contributed by atoms with Crippen molar-refractivity contribution in [1.82, 2.24) is 4.90 Å². The van der Waals surface area contributed by atoms with Crippen molar-refractivity contribution in [3.63, 3.8) is 0 Å². The lowest BCUT2D eigenvalue weighted by Gasteiger charge is -2.23. The minimum absolute atomic E-state index is 0.0668. The van der Waals surface area contributed by atoms with Crippen molar-refractivity contribution >= 4 is 17.6 Å². The van der Waals surface area contributed by atoms with E-state index in [1.807, 2.05) is 0 Å². The molecule has 1 amide bonds. The molecule has 2 aliphatic rings. The van der Waals surface area contributed by atoms with Crippen molar-refractivity contribution in [3.8, 4) is 0 Å². The number of fused-ring (bicyclic) bond motifs is 2. The maximum atomic E-state index is 12.6. The summed E-state index contributed by atoms with van der Waals surface area (Å²) in [7, 11) is 0. The summed E-state index contributed by atoms with van der Waals surface area (Å²) in [5, 5.41) is 20.0. The molecule has 0 aromatic heterocycles. The standard InChI is InChI=1S/C14H14N2O5/c17-13(8-2-1-3-10(6-8)16(20)21)15-9-4-5-12(15)11(7-9)14(18)19/h1-3,6,9,11-12H,4-5,7H2,(H,18,19). The average Bonchev–Trinajstić information content (AvgIpc) is 3.04. The Morgan fingerprint density at radius 3 is 2.71 bits per heavy atom. The molecule has 7 heteroatoms. The molecule has 110 valence electrons. The summed E-state index contributed by atoms with van der Waals surface area (Å²) in [6.45, 7) is 0. The van der Waals surface area contributed by atoms with E-state index in [2.05, 4.69) is 0 Å².